The SMILES string of the molecule is CCOc1cc2c(cc1OCC)C1C(C(=O)N3CCCC3)c3ccccc3C(=O)N1CC2. The van der Waals surface area contributed by atoms with E-state index in [0.29, 0.717) is 31.1 Å². The van der Waals surface area contributed by atoms with Crippen molar-refractivity contribution in [3.05, 3.63) is 58.7 Å². The Labute approximate surface area is 189 Å². The molecule has 3 aliphatic rings. The van der Waals surface area contributed by atoms with Crippen LogP contribution in [-0.4, -0.2) is 54.5 Å². The largest absolute Gasteiger partial charge is 0.490 e. The highest BCUT2D eigenvalue weighted by molar-refractivity contribution is 6.01. The number of hydrogen-bond acceptors (Lipinski definition) is 4. The monoisotopic (exact) mass is 434 g/mol. The molecule has 0 bridgehead atoms. The van der Waals surface area contributed by atoms with Gasteiger partial charge in [0.1, 0.15) is 0 Å². The molecule has 2 atom stereocenters. The third-order valence-corrected chi connectivity index (χ3v) is 6.87. The lowest BCUT2D eigenvalue weighted by atomic mass is 9.75. The molecular weight excluding hydrogens is 404 g/mol. The Hall–Kier alpha value is -3.02. The van der Waals surface area contributed by atoms with Crippen molar-refractivity contribution in [3.63, 3.8) is 0 Å². The first-order valence-corrected chi connectivity index (χ1v) is 11.7. The number of rotatable bonds is 5. The Kier molecular flexibility index (Phi) is 5.53. The molecule has 1 saturated heterocycles. The molecule has 2 aromatic carbocycles. The first kappa shape index (κ1) is 20.9. The summed E-state index contributed by atoms with van der Waals surface area (Å²) in [6, 6.07) is 11.3. The van der Waals surface area contributed by atoms with E-state index in [4.69, 9.17) is 9.47 Å². The maximum atomic E-state index is 13.8. The van der Waals surface area contributed by atoms with E-state index in [-0.39, 0.29) is 17.9 Å². The predicted molar refractivity (Wildman–Crippen MR) is 121 cm³/mol. The predicted octanol–water partition coefficient (Wildman–Crippen LogP) is 3.94. The van der Waals surface area contributed by atoms with Crippen LogP contribution in [0.25, 0.3) is 0 Å². The highest BCUT2D eigenvalue weighted by atomic mass is 16.5. The van der Waals surface area contributed by atoms with Crippen molar-refractivity contribution >= 4 is 11.8 Å². The van der Waals surface area contributed by atoms with Gasteiger partial charge in [-0.3, -0.25) is 9.59 Å². The lowest BCUT2D eigenvalue weighted by Gasteiger charge is -2.46. The Morgan fingerprint density at radius 3 is 2.38 bits per heavy atom. The highest BCUT2D eigenvalue weighted by Gasteiger charge is 2.47. The van der Waals surface area contributed by atoms with Crippen molar-refractivity contribution in [3.8, 4) is 11.5 Å². The Bertz CT molecular complexity index is 1040. The Morgan fingerprint density at radius 2 is 1.66 bits per heavy atom. The van der Waals surface area contributed by atoms with Crippen LogP contribution in [0.4, 0.5) is 0 Å². The van der Waals surface area contributed by atoms with E-state index in [1.807, 2.05) is 60.0 Å². The lowest BCUT2D eigenvalue weighted by Crippen LogP contribution is -2.50. The fourth-order valence-electron chi connectivity index (χ4n) is 5.47. The van der Waals surface area contributed by atoms with Gasteiger partial charge in [-0.1, -0.05) is 18.2 Å². The zero-order valence-electron chi connectivity index (χ0n) is 18.8. The fraction of sp³-hybridized carbons (Fsp3) is 0.462. The number of ether oxygens (including phenoxy) is 2. The average Bonchev–Trinajstić information content (AvgIpc) is 3.35. The summed E-state index contributed by atoms with van der Waals surface area (Å²) < 4.78 is 11.7. The van der Waals surface area contributed by atoms with E-state index in [1.54, 1.807) is 0 Å². The summed E-state index contributed by atoms with van der Waals surface area (Å²) in [4.78, 5) is 31.2. The van der Waals surface area contributed by atoms with Gasteiger partial charge in [-0.25, -0.2) is 0 Å². The number of nitrogens with zero attached hydrogens (tertiary/aromatic N) is 2. The number of fused-ring (bicyclic) bond motifs is 4. The highest BCUT2D eigenvalue weighted by Crippen LogP contribution is 2.49. The van der Waals surface area contributed by atoms with Gasteiger partial charge >= 0.3 is 0 Å². The molecule has 168 valence electrons. The van der Waals surface area contributed by atoms with Crippen LogP contribution in [0.3, 0.4) is 0 Å². The minimum absolute atomic E-state index is 0.00793. The van der Waals surface area contributed by atoms with Gasteiger partial charge in [-0.2, -0.15) is 0 Å². The number of carbonyl (C=O) groups is 2. The van der Waals surface area contributed by atoms with Crippen LogP contribution in [0, 0.1) is 0 Å². The first-order valence-electron chi connectivity index (χ1n) is 11.7. The minimum atomic E-state index is -0.409. The van der Waals surface area contributed by atoms with Crippen molar-refractivity contribution in [1.82, 2.24) is 9.80 Å². The van der Waals surface area contributed by atoms with Gasteiger partial charge in [0.2, 0.25) is 5.91 Å². The molecule has 6 heteroatoms. The molecule has 0 N–H and O–H groups in total. The van der Waals surface area contributed by atoms with Crippen molar-refractivity contribution in [2.24, 2.45) is 0 Å². The van der Waals surface area contributed by atoms with Crippen LogP contribution in [-0.2, 0) is 11.2 Å². The number of amides is 2. The molecule has 0 aromatic heterocycles. The van der Waals surface area contributed by atoms with Crippen LogP contribution >= 0.6 is 0 Å². The summed E-state index contributed by atoms with van der Waals surface area (Å²) >= 11 is 0. The molecule has 0 aliphatic carbocycles. The quantitative estimate of drug-likeness (QED) is 0.715. The molecule has 0 radical (unpaired) electrons. The van der Waals surface area contributed by atoms with Crippen LogP contribution in [0.15, 0.2) is 36.4 Å². The van der Waals surface area contributed by atoms with E-state index in [1.165, 1.54) is 0 Å². The maximum Gasteiger partial charge on any atom is 0.254 e. The van der Waals surface area contributed by atoms with Crippen LogP contribution in [0.2, 0.25) is 0 Å². The summed E-state index contributed by atoms with van der Waals surface area (Å²) in [6.07, 6.45) is 2.81. The third-order valence-electron chi connectivity index (χ3n) is 6.87. The topological polar surface area (TPSA) is 59.1 Å². The first-order chi connectivity index (χ1) is 15.6. The van der Waals surface area contributed by atoms with Gasteiger partial charge in [-0.05, 0) is 68.0 Å². The Balaban J connectivity index is 1.67. The number of likely N-dealkylation sites (tertiary alicyclic amines) is 1. The summed E-state index contributed by atoms with van der Waals surface area (Å²) in [5.41, 5.74) is 3.63. The van der Waals surface area contributed by atoms with Crippen molar-refractivity contribution in [2.75, 3.05) is 32.8 Å². The van der Waals surface area contributed by atoms with Crippen molar-refractivity contribution in [2.45, 2.75) is 45.1 Å². The summed E-state index contributed by atoms with van der Waals surface area (Å²) in [5.74, 6) is 1.12. The van der Waals surface area contributed by atoms with E-state index < -0.39 is 5.92 Å². The fourth-order valence-corrected chi connectivity index (χ4v) is 5.47. The van der Waals surface area contributed by atoms with E-state index in [9.17, 15) is 9.59 Å². The van der Waals surface area contributed by atoms with E-state index >= 15 is 0 Å². The molecule has 2 amide bonds. The lowest BCUT2D eigenvalue weighted by molar-refractivity contribution is -0.133. The second kappa shape index (κ2) is 8.49. The van der Waals surface area contributed by atoms with Crippen molar-refractivity contribution < 1.29 is 19.1 Å². The summed E-state index contributed by atoms with van der Waals surface area (Å²) in [6.45, 7) is 7.15. The normalized spacial score (nSPS) is 21.6. The third kappa shape index (κ3) is 3.33. The molecule has 0 spiro atoms. The van der Waals surface area contributed by atoms with Crippen LogP contribution in [0.5, 0.6) is 11.5 Å². The molecule has 5 rings (SSSR count). The maximum absolute atomic E-state index is 13.8. The molecule has 3 heterocycles. The second-order valence-electron chi connectivity index (χ2n) is 8.65. The molecule has 3 aliphatic heterocycles. The van der Waals surface area contributed by atoms with Gasteiger partial charge < -0.3 is 19.3 Å². The van der Waals surface area contributed by atoms with Crippen LogP contribution in [0.1, 0.15) is 65.7 Å². The van der Waals surface area contributed by atoms with Gasteiger partial charge in [0, 0.05) is 25.2 Å². The Morgan fingerprint density at radius 1 is 0.969 bits per heavy atom. The summed E-state index contributed by atoms with van der Waals surface area (Å²) in [5, 5.41) is 0. The standard InChI is InChI=1S/C26H30N2O4/c1-3-31-21-15-17-11-14-28-24(20(17)16-22(21)32-4-2)23(26(30)27-12-7-8-13-27)18-9-5-6-10-19(18)25(28)29/h5-6,9-10,15-16,23-24H,3-4,7-8,11-14H2,1-2H3. The van der Waals surface area contributed by atoms with Crippen LogP contribution < -0.4 is 9.47 Å². The smallest absolute Gasteiger partial charge is 0.254 e. The minimum Gasteiger partial charge on any atom is -0.490 e. The molecule has 6 nitrogen and oxygen atoms in total. The molecule has 1 fully saturated rings. The van der Waals surface area contributed by atoms with Gasteiger partial charge in [0.15, 0.2) is 11.5 Å². The van der Waals surface area contributed by atoms with Gasteiger partial charge in [0.25, 0.3) is 5.91 Å². The molecule has 2 unspecified atom stereocenters. The van der Waals surface area contributed by atoms with Gasteiger partial charge in [0.05, 0.1) is 25.2 Å². The summed E-state index contributed by atoms with van der Waals surface area (Å²) in [7, 11) is 0. The molecule has 32 heavy (non-hydrogen) atoms. The van der Waals surface area contributed by atoms with E-state index in [2.05, 4.69) is 0 Å². The average molecular weight is 435 g/mol. The zero-order valence-corrected chi connectivity index (χ0v) is 18.8. The number of carbonyl (C=O) groups excluding carboxylic acids is 2. The van der Waals surface area contributed by atoms with Crippen molar-refractivity contribution in [1.29, 1.82) is 0 Å². The molecule has 2 aromatic rings. The van der Waals surface area contributed by atoms with E-state index in [0.717, 1.165) is 54.8 Å². The van der Waals surface area contributed by atoms with Gasteiger partial charge in [-0.15, -0.1) is 0 Å². The number of hydrogen-bond donors (Lipinski definition) is 0. The zero-order chi connectivity index (χ0) is 22.2. The number of benzene rings is 2. The second-order valence-corrected chi connectivity index (χ2v) is 8.65. The molecular formula is C26H30N2O4. The molecule has 0 saturated carbocycles.